The molecular formula is C37H57ClN8O14. The van der Waals surface area contributed by atoms with Crippen LogP contribution in [0.25, 0.3) is 0 Å². The van der Waals surface area contributed by atoms with E-state index in [0.717, 1.165) is 26.9 Å². The van der Waals surface area contributed by atoms with Gasteiger partial charge in [-0.15, -0.1) is 12.4 Å². The molecular weight excluding hydrogens is 816 g/mol. The second kappa shape index (κ2) is 29.0. The average molecular weight is 873 g/mol. The molecule has 4 rings (SSSR count). The molecule has 4 aliphatic rings. The number of esters is 2. The molecule has 336 valence electrons. The van der Waals surface area contributed by atoms with Gasteiger partial charge in [-0.25, -0.2) is 19.2 Å². The summed E-state index contributed by atoms with van der Waals surface area (Å²) in [6.45, 7) is 14.4. The molecule has 0 fully saturated rings. The molecule has 0 aliphatic carbocycles. The number of hydrogen-bond donors (Lipinski definition) is 5. The third-order valence-electron chi connectivity index (χ3n) is 6.14. The van der Waals surface area contributed by atoms with Gasteiger partial charge in [0.05, 0.1) is 0 Å². The van der Waals surface area contributed by atoms with Gasteiger partial charge in [0.1, 0.15) is 11.2 Å². The minimum Gasteiger partial charge on any atom is -0.444 e. The first-order valence-corrected chi connectivity index (χ1v) is 17.5. The molecule has 0 unspecified atom stereocenters. The average Bonchev–Trinajstić information content (AvgIpc) is 3.84. The van der Waals surface area contributed by atoms with E-state index in [-0.39, 0.29) is 80.8 Å². The van der Waals surface area contributed by atoms with Crippen molar-refractivity contribution >= 4 is 77.9 Å². The lowest BCUT2D eigenvalue weighted by molar-refractivity contribution is -0.150. The van der Waals surface area contributed by atoms with Crippen LogP contribution in [0.2, 0.25) is 0 Å². The Morgan fingerprint density at radius 2 is 0.833 bits per heavy atom. The molecule has 22 nitrogen and oxygen atoms in total. The maximum Gasteiger partial charge on any atom is 0.407 e. The highest BCUT2D eigenvalue weighted by Crippen LogP contribution is 2.07. The Kier molecular flexibility index (Phi) is 28.1. The van der Waals surface area contributed by atoms with Gasteiger partial charge in [-0.1, -0.05) is 7.43 Å². The molecule has 0 atom stereocenters. The van der Waals surface area contributed by atoms with Crippen molar-refractivity contribution in [3.05, 3.63) is 48.6 Å². The molecule has 0 radical (unpaired) electrons. The van der Waals surface area contributed by atoms with Crippen LogP contribution in [0.4, 0.5) is 9.59 Å². The summed E-state index contributed by atoms with van der Waals surface area (Å²) in [7, 11) is 0. The molecule has 4 heterocycles. The van der Waals surface area contributed by atoms with Crippen LogP contribution in [0.1, 0.15) is 55.9 Å². The zero-order valence-electron chi connectivity index (χ0n) is 33.9. The third-order valence-corrected chi connectivity index (χ3v) is 6.14. The molecule has 4 aliphatic heterocycles. The van der Waals surface area contributed by atoms with Crippen molar-refractivity contribution in [1.82, 2.24) is 30.7 Å². The predicted octanol–water partition coefficient (Wildman–Crippen LogP) is -0.493. The van der Waals surface area contributed by atoms with E-state index in [4.69, 9.17) is 20.9 Å². The number of carbonyl (C=O) groups excluding carboxylic acids is 11. The molecule has 0 bridgehead atoms. The van der Waals surface area contributed by atoms with E-state index in [0.29, 0.717) is 32.7 Å². The van der Waals surface area contributed by atoms with Gasteiger partial charge in [0, 0.05) is 108 Å². The van der Waals surface area contributed by atoms with Gasteiger partial charge >= 0.3 is 24.1 Å². The summed E-state index contributed by atoms with van der Waals surface area (Å²) in [6, 6.07) is 0. The van der Waals surface area contributed by atoms with E-state index in [1.165, 1.54) is 43.4 Å². The van der Waals surface area contributed by atoms with Crippen LogP contribution >= 0.6 is 12.4 Å². The van der Waals surface area contributed by atoms with Gasteiger partial charge in [-0.3, -0.25) is 48.3 Å². The Labute approximate surface area is 354 Å². The van der Waals surface area contributed by atoms with Crippen molar-refractivity contribution in [3.63, 3.8) is 0 Å². The number of halogens is 1. The molecule has 7 N–H and O–H groups in total. The summed E-state index contributed by atoms with van der Waals surface area (Å²) in [4.78, 5) is 121. The molecule has 0 saturated carbocycles. The van der Waals surface area contributed by atoms with Gasteiger partial charge < -0.3 is 41.6 Å². The van der Waals surface area contributed by atoms with Crippen molar-refractivity contribution < 1.29 is 67.0 Å². The van der Waals surface area contributed by atoms with E-state index < -0.39 is 35.3 Å². The number of imide groups is 3. The number of hydrogen-bond acceptors (Lipinski definition) is 16. The van der Waals surface area contributed by atoms with E-state index >= 15 is 0 Å². The van der Waals surface area contributed by atoms with Crippen LogP contribution in [0.5, 0.6) is 0 Å². The number of amides is 9. The number of nitrogens with one attached hydrogen (secondary N) is 3. The fraction of sp³-hybridized carbons (Fsp3) is 0.486. The summed E-state index contributed by atoms with van der Waals surface area (Å²) in [5, 5.41) is 7.48. The standard InChI is InChI=1S/C11H16N2O4.C8H10N2O3.C7H16N2O2.C6H8N2O2.C4H2O3.CH4.ClH/c1-11(2,3)17-10(16)12-6-7-13-8(14)4-5-9(13)15;1-6(11)9-4-5-10-7(12)2-3-8(10)13;1-7(2,3)11-6(10)9-5-4-8;7-3-4-8-5(9)1-2-6(8)10;5-3-1-2-4(6)7-3;;/h4-5H,6-7H2,1-3H3,(H,12,16);2-3H,4-5H2,1H3,(H,9,11);4-5,8H2,1-3H3,(H,9,10);1-2H,3-4,7H2;1-2H;1H4;1H. The number of ether oxygens (including phenoxy) is 3. The van der Waals surface area contributed by atoms with Gasteiger partial charge in [0.2, 0.25) is 5.91 Å². The quantitative estimate of drug-likeness (QED) is 0.0800. The lowest BCUT2D eigenvalue weighted by Gasteiger charge is -2.20. The van der Waals surface area contributed by atoms with Crippen LogP contribution < -0.4 is 27.4 Å². The van der Waals surface area contributed by atoms with Crippen molar-refractivity contribution in [2.75, 3.05) is 52.4 Å². The van der Waals surface area contributed by atoms with Crippen molar-refractivity contribution in [2.45, 2.75) is 67.1 Å². The number of nitrogens with zero attached hydrogens (tertiary/aromatic N) is 3. The Morgan fingerprint density at radius 3 is 1.08 bits per heavy atom. The second-order valence-corrected chi connectivity index (χ2v) is 13.5. The topological polar surface area (TPSA) is 313 Å². The van der Waals surface area contributed by atoms with Crippen LogP contribution in [-0.2, 0) is 57.4 Å². The maximum atomic E-state index is 11.3. The Morgan fingerprint density at radius 1 is 0.533 bits per heavy atom. The van der Waals surface area contributed by atoms with E-state index in [1.54, 1.807) is 20.8 Å². The summed E-state index contributed by atoms with van der Waals surface area (Å²) >= 11 is 0. The monoisotopic (exact) mass is 872 g/mol. The van der Waals surface area contributed by atoms with Gasteiger partial charge in [0.15, 0.2) is 0 Å². The van der Waals surface area contributed by atoms with E-state index in [1.807, 2.05) is 20.8 Å². The van der Waals surface area contributed by atoms with Crippen LogP contribution in [0.15, 0.2) is 48.6 Å². The fourth-order valence-electron chi connectivity index (χ4n) is 3.80. The first-order chi connectivity index (χ1) is 26.9. The highest BCUT2D eigenvalue weighted by atomic mass is 35.5. The summed E-state index contributed by atoms with van der Waals surface area (Å²) in [5.74, 6) is -3.24. The van der Waals surface area contributed by atoms with Crippen molar-refractivity contribution in [2.24, 2.45) is 11.5 Å². The van der Waals surface area contributed by atoms with Crippen LogP contribution in [-0.4, -0.2) is 144 Å². The number of nitrogens with two attached hydrogens (primary N) is 2. The molecule has 60 heavy (non-hydrogen) atoms. The maximum absolute atomic E-state index is 11.3. The zero-order chi connectivity index (χ0) is 44.6. The van der Waals surface area contributed by atoms with Gasteiger partial charge in [0.25, 0.3) is 35.4 Å². The number of rotatable bonds is 10. The second-order valence-electron chi connectivity index (χ2n) is 13.5. The first kappa shape index (κ1) is 58.1. The zero-order valence-corrected chi connectivity index (χ0v) is 34.7. The fourth-order valence-corrected chi connectivity index (χ4v) is 3.80. The molecule has 0 aromatic carbocycles. The highest BCUT2D eigenvalue weighted by Gasteiger charge is 2.24. The van der Waals surface area contributed by atoms with Gasteiger partial charge in [-0.2, -0.15) is 0 Å². The third kappa shape index (κ3) is 26.6. The Balaban J connectivity index is -0.000000689. The van der Waals surface area contributed by atoms with Crippen molar-refractivity contribution in [3.8, 4) is 0 Å². The Hall–Kier alpha value is -6.26. The molecule has 0 aromatic heterocycles. The van der Waals surface area contributed by atoms with Crippen LogP contribution in [0.3, 0.4) is 0 Å². The number of carbonyl (C=O) groups is 11. The highest BCUT2D eigenvalue weighted by molar-refractivity contribution is 6.14. The molecule has 23 heteroatoms. The molecule has 0 saturated heterocycles. The largest absolute Gasteiger partial charge is 0.444 e. The van der Waals surface area contributed by atoms with E-state index in [9.17, 15) is 52.7 Å². The number of alkyl carbamates (subject to hydrolysis) is 2. The number of cyclic esters (lactones) is 2. The van der Waals surface area contributed by atoms with Crippen LogP contribution in [0, 0.1) is 0 Å². The molecule has 9 amide bonds. The van der Waals surface area contributed by atoms with E-state index in [2.05, 4.69) is 20.7 Å². The van der Waals surface area contributed by atoms with Gasteiger partial charge in [-0.05, 0) is 41.5 Å². The lowest BCUT2D eigenvalue weighted by Crippen LogP contribution is -2.40. The first-order valence-electron chi connectivity index (χ1n) is 17.5. The molecule has 0 aromatic rings. The molecule has 0 spiro atoms. The summed E-state index contributed by atoms with van der Waals surface area (Å²) in [5.41, 5.74) is 9.33. The predicted molar refractivity (Wildman–Crippen MR) is 217 cm³/mol. The summed E-state index contributed by atoms with van der Waals surface area (Å²) in [6.07, 6.45) is 8.53. The smallest absolute Gasteiger partial charge is 0.407 e. The minimum atomic E-state index is -0.579. The normalized spacial score (nSPS) is 14.6. The van der Waals surface area contributed by atoms with Crippen molar-refractivity contribution in [1.29, 1.82) is 0 Å². The lowest BCUT2D eigenvalue weighted by atomic mass is 10.2. The Bertz CT molecular complexity index is 1610. The SMILES string of the molecule is C.CC(=O)NCCN1C(=O)C=CC1=O.CC(C)(C)OC(=O)NCCN.CC(C)(C)OC(=O)NCCN1C(=O)C=CC1=O.Cl.NCCN1C(=O)C=CC1=O.O=C1C=CC(=O)O1. The minimum absolute atomic E-state index is 0. The summed E-state index contributed by atoms with van der Waals surface area (Å²) < 4.78 is 13.9.